The van der Waals surface area contributed by atoms with Crippen LogP contribution in [0.5, 0.6) is 11.5 Å². The van der Waals surface area contributed by atoms with Crippen molar-refractivity contribution in [1.29, 1.82) is 0 Å². The molecule has 0 spiro atoms. The van der Waals surface area contributed by atoms with Crippen LogP contribution in [0.25, 0.3) is 0 Å². The first kappa shape index (κ1) is 14.3. The molecule has 0 aliphatic rings. The second-order valence-corrected chi connectivity index (χ2v) is 4.14. The first-order valence-electron chi connectivity index (χ1n) is 6.32. The van der Waals surface area contributed by atoms with Crippen LogP contribution in [0.1, 0.15) is 18.1 Å². The molecule has 1 N–H and O–H groups in total. The van der Waals surface area contributed by atoms with Crippen LogP contribution in [-0.4, -0.2) is 16.7 Å². The van der Waals surface area contributed by atoms with Crippen molar-refractivity contribution in [1.82, 2.24) is 4.98 Å². The summed E-state index contributed by atoms with van der Waals surface area (Å²) < 4.78 is 24.2. The van der Waals surface area contributed by atoms with Gasteiger partial charge in [0.05, 0.1) is 19.4 Å². The molecule has 1 aromatic carbocycles. The Bertz CT molecular complexity index is 575. The highest BCUT2D eigenvalue weighted by Gasteiger charge is 2.11. The van der Waals surface area contributed by atoms with Gasteiger partial charge in [-0.15, -0.1) is 0 Å². The van der Waals surface area contributed by atoms with Crippen LogP contribution >= 0.6 is 0 Å². The van der Waals surface area contributed by atoms with Gasteiger partial charge in [0, 0.05) is 17.3 Å². The van der Waals surface area contributed by atoms with Crippen molar-refractivity contribution < 1.29 is 19.0 Å². The van der Waals surface area contributed by atoms with Gasteiger partial charge in [-0.2, -0.15) is 0 Å². The van der Waals surface area contributed by atoms with Crippen LogP contribution in [0, 0.1) is 5.82 Å². The summed E-state index contributed by atoms with van der Waals surface area (Å²) in [5, 5.41) is 9.34. The molecule has 0 aliphatic heterocycles. The van der Waals surface area contributed by atoms with Crippen LogP contribution in [0.2, 0.25) is 0 Å². The molecule has 0 amide bonds. The Labute approximate surface area is 116 Å². The molecule has 0 aliphatic carbocycles. The molecule has 5 heteroatoms. The topological polar surface area (TPSA) is 51.6 Å². The van der Waals surface area contributed by atoms with Gasteiger partial charge in [-0.05, 0) is 19.1 Å². The number of hydrogen-bond acceptors (Lipinski definition) is 4. The lowest BCUT2D eigenvalue weighted by Gasteiger charge is -2.14. The Hall–Kier alpha value is -2.14. The average Bonchev–Trinajstić information content (AvgIpc) is 2.46. The third kappa shape index (κ3) is 3.45. The summed E-state index contributed by atoms with van der Waals surface area (Å²) in [6.45, 7) is 2.36. The van der Waals surface area contributed by atoms with Crippen molar-refractivity contribution in [3.8, 4) is 11.5 Å². The fourth-order valence-electron chi connectivity index (χ4n) is 1.81. The summed E-state index contributed by atoms with van der Waals surface area (Å²) >= 11 is 0. The van der Waals surface area contributed by atoms with Gasteiger partial charge in [-0.25, -0.2) is 4.39 Å². The smallest absolute Gasteiger partial charge is 0.167 e. The zero-order chi connectivity index (χ0) is 14.4. The Kier molecular flexibility index (Phi) is 4.90. The number of pyridine rings is 1. The Balaban J connectivity index is 2.19. The monoisotopic (exact) mass is 277 g/mol. The van der Waals surface area contributed by atoms with E-state index in [1.165, 1.54) is 12.3 Å². The number of ether oxygens (including phenoxy) is 2. The van der Waals surface area contributed by atoms with Gasteiger partial charge in [0.2, 0.25) is 0 Å². The van der Waals surface area contributed by atoms with Gasteiger partial charge < -0.3 is 14.6 Å². The minimum atomic E-state index is -0.411. The van der Waals surface area contributed by atoms with E-state index in [0.29, 0.717) is 29.2 Å². The average molecular weight is 277 g/mol. The Morgan fingerprint density at radius 1 is 1.25 bits per heavy atom. The molecule has 106 valence electrons. The summed E-state index contributed by atoms with van der Waals surface area (Å²) in [5.41, 5.74) is 1.24. The highest BCUT2D eigenvalue weighted by Crippen LogP contribution is 2.32. The highest BCUT2D eigenvalue weighted by molar-refractivity contribution is 5.46. The van der Waals surface area contributed by atoms with E-state index in [1.807, 2.05) is 6.92 Å². The highest BCUT2D eigenvalue weighted by atomic mass is 19.1. The fraction of sp³-hybridized carbons (Fsp3) is 0.267. The maximum Gasteiger partial charge on any atom is 0.167 e. The van der Waals surface area contributed by atoms with E-state index in [4.69, 9.17) is 9.47 Å². The SMILES string of the molecule is CCOc1cccc(CO)c1OCc1cncc(F)c1. The summed E-state index contributed by atoms with van der Waals surface area (Å²) in [7, 11) is 0. The predicted molar refractivity (Wildman–Crippen MR) is 72.1 cm³/mol. The first-order chi connectivity index (χ1) is 9.74. The molecule has 0 saturated heterocycles. The van der Waals surface area contributed by atoms with Crippen molar-refractivity contribution in [3.05, 3.63) is 53.6 Å². The third-order valence-corrected chi connectivity index (χ3v) is 2.68. The van der Waals surface area contributed by atoms with Crippen molar-refractivity contribution in [2.75, 3.05) is 6.61 Å². The Morgan fingerprint density at radius 3 is 2.80 bits per heavy atom. The lowest BCUT2D eigenvalue weighted by atomic mass is 10.2. The third-order valence-electron chi connectivity index (χ3n) is 2.68. The van der Waals surface area contributed by atoms with E-state index in [0.717, 1.165) is 6.20 Å². The number of aromatic nitrogens is 1. The molecular formula is C15H16FNO3. The zero-order valence-corrected chi connectivity index (χ0v) is 11.2. The molecule has 2 rings (SSSR count). The zero-order valence-electron chi connectivity index (χ0n) is 11.2. The molecule has 0 radical (unpaired) electrons. The summed E-state index contributed by atoms with van der Waals surface area (Å²) in [6.07, 6.45) is 2.67. The maximum absolute atomic E-state index is 13.1. The fourth-order valence-corrected chi connectivity index (χ4v) is 1.81. The van der Waals surface area contributed by atoms with Crippen molar-refractivity contribution in [3.63, 3.8) is 0 Å². The van der Waals surface area contributed by atoms with E-state index in [9.17, 15) is 9.50 Å². The molecule has 0 saturated carbocycles. The van der Waals surface area contributed by atoms with E-state index in [1.54, 1.807) is 18.2 Å². The first-order valence-corrected chi connectivity index (χ1v) is 6.32. The number of halogens is 1. The molecular weight excluding hydrogens is 261 g/mol. The molecule has 0 atom stereocenters. The number of aliphatic hydroxyl groups excluding tert-OH is 1. The lowest BCUT2D eigenvalue weighted by molar-refractivity contribution is 0.243. The summed E-state index contributed by atoms with van der Waals surface area (Å²) in [5.74, 6) is 0.621. The largest absolute Gasteiger partial charge is 0.490 e. The predicted octanol–water partition coefficient (Wildman–Crippen LogP) is 2.69. The quantitative estimate of drug-likeness (QED) is 0.882. The normalized spacial score (nSPS) is 10.3. The van der Waals surface area contributed by atoms with Crippen molar-refractivity contribution >= 4 is 0 Å². The number of rotatable bonds is 6. The van der Waals surface area contributed by atoms with Crippen molar-refractivity contribution in [2.24, 2.45) is 0 Å². The van der Waals surface area contributed by atoms with E-state index in [-0.39, 0.29) is 13.2 Å². The molecule has 2 aromatic rings. The number of aliphatic hydroxyl groups is 1. The second-order valence-electron chi connectivity index (χ2n) is 4.14. The second kappa shape index (κ2) is 6.86. The molecule has 1 aromatic heterocycles. The summed E-state index contributed by atoms with van der Waals surface area (Å²) in [4.78, 5) is 3.76. The number of para-hydroxylation sites is 1. The summed E-state index contributed by atoms with van der Waals surface area (Å²) in [6, 6.07) is 6.66. The van der Waals surface area contributed by atoms with Gasteiger partial charge in [0.25, 0.3) is 0 Å². The van der Waals surface area contributed by atoms with Crippen molar-refractivity contribution in [2.45, 2.75) is 20.1 Å². The molecule has 0 bridgehead atoms. The molecule has 20 heavy (non-hydrogen) atoms. The van der Waals surface area contributed by atoms with Crippen LogP contribution in [-0.2, 0) is 13.2 Å². The minimum absolute atomic E-state index is 0.155. The minimum Gasteiger partial charge on any atom is -0.490 e. The molecule has 4 nitrogen and oxygen atoms in total. The van der Waals surface area contributed by atoms with Crippen LogP contribution in [0.15, 0.2) is 36.7 Å². The number of hydrogen-bond donors (Lipinski definition) is 1. The van der Waals surface area contributed by atoms with Crippen LogP contribution < -0.4 is 9.47 Å². The molecule has 1 heterocycles. The van der Waals surface area contributed by atoms with E-state index >= 15 is 0 Å². The maximum atomic E-state index is 13.1. The number of benzene rings is 1. The van der Waals surface area contributed by atoms with E-state index in [2.05, 4.69) is 4.98 Å². The van der Waals surface area contributed by atoms with Gasteiger partial charge in [-0.1, -0.05) is 12.1 Å². The number of nitrogens with zero attached hydrogens (tertiary/aromatic N) is 1. The van der Waals surface area contributed by atoms with Crippen LogP contribution in [0.4, 0.5) is 4.39 Å². The Morgan fingerprint density at radius 2 is 2.10 bits per heavy atom. The van der Waals surface area contributed by atoms with Crippen LogP contribution in [0.3, 0.4) is 0 Å². The van der Waals surface area contributed by atoms with E-state index < -0.39 is 5.82 Å². The lowest BCUT2D eigenvalue weighted by Crippen LogP contribution is -2.03. The standard InChI is InChI=1S/C15H16FNO3/c1-2-19-14-5-3-4-12(9-18)15(14)20-10-11-6-13(16)8-17-7-11/h3-8,18H,2,9-10H2,1H3. The van der Waals surface area contributed by atoms with Gasteiger partial charge >= 0.3 is 0 Å². The van der Waals surface area contributed by atoms with Gasteiger partial charge in [0.1, 0.15) is 12.4 Å². The van der Waals surface area contributed by atoms with Gasteiger partial charge in [-0.3, -0.25) is 4.98 Å². The van der Waals surface area contributed by atoms with Gasteiger partial charge in [0.15, 0.2) is 11.5 Å². The molecule has 0 fully saturated rings. The molecule has 0 unspecified atom stereocenters.